The minimum absolute atomic E-state index is 0.165. The molecule has 1 heteroatoms. The summed E-state index contributed by atoms with van der Waals surface area (Å²) < 4.78 is 6.46. The number of benzene rings is 7. The van der Waals surface area contributed by atoms with E-state index in [2.05, 4.69) is 147 Å². The highest BCUT2D eigenvalue weighted by Gasteiger charge is 2.40. The molecule has 1 aromatic heterocycles. The average Bonchev–Trinajstić information content (AvgIpc) is 3.53. The summed E-state index contributed by atoms with van der Waals surface area (Å²) in [5.74, 6) is 1.02. The fraction of sp³-hybridized carbons (Fsp3) is 0.0732. The Morgan fingerprint density at radius 3 is 1.76 bits per heavy atom. The van der Waals surface area contributed by atoms with Crippen molar-refractivity contribution in [2.75, 3.05) is 0 Å². The van der Waals surface area contributed by atoms with E-state index in [4.69, 9.17) is 4.42 Å². The number of rotatable bonds is 2. The van der Waals surface area contributed by atoms with E-state index in [0.29, 0.717) is 0 Å². The topological polar surface area (TPSA) is 13.1 Å². The molecule has 0 N–H and O–H groups in total. The highest BCUT2D eigenvalue weighted by Crippen LogP contribution is 2.54. The summed E-state index contributed by atoms with van der Waals surface area (Å²) in [5, 5.41) is 8.86. The van der Waals surface area contributed by atoms with Crippen molar-refractivity contribution < 1.29 is 4.42 Å². The molecule has 42 heavy (non-hydrogen) atoms. The monoisotopic (exact) mass is 536 g/mol. The first-order valence-electron chi connectivity index (χ1n) is 14.7. The summed E-state index contributed by atoms with van der Waals surface area (Å²) in [4.78, 5) is 0. The van der Waals surface area contributed by atoms with Gasteiger partial charge in [0.1, 0.15) is 11.3 Å². The first-order chi connectivity index (χ1) is 20.6. The van der Waals surface area contributed by atoms with E-state index in [1.165, 1.54) is 76.6 Å². The van der Waals surface area contributed by atoms with Crippen molar-refractivity contribution in [3.8, 4) is 33.6 Å². The molecule has 8 aromatic rings. The predicted molar refractivity (Wildman–Crippen MR) is 177 cm³/mol. The highest BCUT2D eigenvalue weighted by molar-refractivity contribution is 6.23. The molecule has 0 aliphatic heterocycles. The van der Waals surface area contributed by atoms with Gasteiger partial charge in [-0.15, -0.1) is 0 Å². The average molecular weight is 537 g/mol. The zero-order valence-electron chi connectivity index (χ0n) is 23.6. The number of para-hydroxylation sites is 1. The van der Waals surface area contributed by atoms with E-state index in [0.717, 1.165) is 11.3 Å². The first kappa shape index (κ1) is 23.6. The van der Waals surface area contributed by atoms with E-state index >= 15 is 0 Å². The summed E-state index contributed by atoms with van der Waals surface area (Å²) in [6.07, 6.45) is 0. The lowest BCUT2D eigenvalue weighted by molar-refractivity contribution is 0.619. The summed E-state index contributed by atoms with van der Waals surface area (Å²) in [7, 11) is 0. The van der Waals surface area contributed by atoms with Crippen LogP contribution in [0.4, 0.5) is 0 Å². The molecule has 0 radical (unpaired) electrons. The molecule has 0 bridgehead atoms. The second-order valence-corrected chi connectivity index (χ2v) is 12.1. The van der Waals surface area contributed by atoms with Gasteiger partial charge in [-0.2, -0.15) is 0 Å². The maximum absolute atomic E-state index is 6.46. The molecule has 0 amide bonds. The van der Waals surface area contributed by atoms with Gasteiger partial charge < -0.3 is 4.42 Å². The Kier molecular flexibility index (Phi) is 4.73. The second-order valence-electron chi connectivity index (χ2n) is 12.1. The molecular formula is C41H28O. The van der Waals surface area contributed by atoms with Gasteiger partial charge in [0.15, 0.2) is 0 Å². The van der Waals surface area contributed by atoms with Crippen LogP contribution in [0.2, 0.25) is 0 Å². The van der Waals surface area contributed by atoms with E-state index in [1.54, 1.807) is 0 Å². The fourth-order valence-corrected chi connectivity index (χ4v) is 7.58. The summed E-state index contributed by atoms with van der Waals surface area (Å²) >= 11 is 0. The summed E-state index contributed by atoms with van der Waals surface area (Å²) in [6.45, 7) is 4.67. The molecule has 7 aromatic carbocycles. The first-order valence-corrected chi connectivity index (χ1v) is 14.7. The number of hydrogen-bond acceptors (Lipinski definition) is 1. The van der Waals surface area contributed by atoms with Crippen molar-refractivity contribution >= 4 is 43.3 Å². The van der Waals surface area contributed by atoms with Crippen LogP contribution in [-0.2, 0) is 5.41 Å². The predicted octanol–water partition coefficient (Wildman–Crippen LogP) is 11.5. The van der Waals surface area contributed by atoms with Crippen LogP contribution < -0.4 is 0 Å². The molecule has 0 fully saturated rings. The quantitative estimate of drug-likeness (QED) is 0.200. The van der Waals surface area contributed by atoms with Gasteiger partial charge in [-0.1, -0.05) is 135 Å². The molecule has 0 saturated carbocycles. The third kappa shape index (κ3) is 3.08. The lowest BCUT2D eigenvalue weighted by atomic mass is 9.79. The van der Waals surface area contributed by atoms with Gasteiger partial charge in [-0.25, -0.2) is 0 Å². The molecule has 0 spiro atoms. The molecule has 0 saturated heterocycles. The standard InChI is InChI=1S/C41H28O/c1-41(2)35-24-26(22-23-33(35)40-39(41)34-19-9-10-21-36(34)42-40)37-29-15-5-7-17-31(29)38(32-18-8-6-16-30(32)37)28-20-11-13-25-12-3-4-14-27(25)28/h3-24H,1-2H3. The van der Waals surface area contributed by atoms with Crippen LogP contribution >= 0.6 is 0 Å². The van der Waals surface area contributed by atoms with Crippen molar-refractivity contribution in [1.29, 1.82) is 0 Å². The smallest absolute Gasteiger partial charge is 0.139 e. The lowest BCUT2D eigenvalue weighted by Crippen LogP contribution is -2.15. The molecule has 1 nitrogen and oxygen atoms in total. The highest BCUT2D eigenvalue weighted by atomic mass is 16.3. The van der Waals surface area contributed by atoms with Gasteiger partial charge in [0.05, 0.1) is 0 Å². The van der Waals surface area contributed by atoms with Gasteiger partial charge in [0.2, 0.25) is 0 Å². The van der Waals surface area contributed by atoms with Crippen molar-refractivity contribution in [2.45, 2.75) is 19.3 Å². The van der Waals surface area contributed by atoms with E-state index in [9.17, 15) is 0 Å². The third-order valence-corrected chi connectivity index (χ3v) is 9.44. The van der Waals surface area contributed by atoms with Crippen LogP contribution in [0.1, 0.15) is 25.0 Å². The van der Waals surface area contributed by atoms with Crippen LogP contribution in [0.3, 0.4) is 0 Å². The maximum Gasteiger partial charge on any atom is 0.139 e. The van der Waals surface area contributed by atoms with Gasteiger partial charge >= 0.3 is 0 Å². The Morgan fingerprint density at radius 2 is 1.05 bits per heavy atom. The molecule has 0 atom stereocenters. The van der Waals surface area contributed by atoms with Crippen LogP contribution in [0, 0.1) is 0 Å². The molecule has 1 aliphatic rings. The van der Waals surface area contributed by atoms with Gasteiger partial charge in [-0.05, 0) is 72.3 Å². The SMILES string of the molecule is CC1(C)c2cc(-c3c4ccccc4c(-c4cccc5ccccc45)c4ccccc34)ccc2-c2oc3ccccc3c21. The molecule has 1 heterocycles. The van der Waals surface area contributed by atoms with E-state index in [1.807, 2.05) is 0 Å². The van der Waals surface area contributed by atoms with Gasteiger partial charge in [-0.3, -0.25) is 0 Å². The zero-order chi connectivity index (χ0) is 28.0. The minimum atomic E-state index is -0.165. The number of furan rings is 1. The molecule has 1 aliphatic carbocycles. The maximum atomic E-state index is 6.46. The Labute approximate surface area is 244 Å². The summed E-state index contributed by atoms with van der Waals surface area (Å²) in [5.41, 5.74) is 9.74. The second kappa shape index (κ2) is 8.44. The number of fused-ring (bicyclic) bond motifs is 8. The van der Waals surface area contributed by atoms with Crippen LogP contribution in [-0.4, -0.2) is 0 Å². The fourth-order valence-electron chi connectivity index (χ4n) is 7.58. The van der Waals surface area contributed by atoms with Crippen LogP contribution in [0.5, 0.6) is 0 Å². The Balaban J connectivity index is 1.35. The molecular weight excluding hydrogens is 508 g/mol. The van der Waals surface area contributed by atoms with Gasteiger partial charge in [0, 0.05) is 21.9 Å². The summed E-state index contributed by atoms with van der Waals surface area (Å²) in [6, 6.07) is 48.7. The number of hydrogen-bond donors (Lipinski definition) is 0. The minimum Gasteiger partial charge on any atom is -0.456 e. The lowest BCUT2D eigenvalue weighted by Gasteiger charge is -2.23. The normalized spacial score (nSPS) is 13.7. The van der Waals surface area contributed by atoms with E-state index in [-0.39, 0.29) is 5.41 Å². The molecule has 0 unspecified atom stereocenters. The Morgan fingerprint density at radius 1 is 0.476 bits per heavy atom. The zero-order valence-corrected chi connectivity index (χ0v) is 23.6. The molecule has 9 rings (SSSR count). The third-order valence-electron chi connectivity index (χ3n) is 9.44. The van der Waals surface area contributed by atoms with Gasteiger partial charge in [0.25, 0.3) is 0 Å². The van der Waals surface area contributed by atoms with E-state index < -0.39 is 0 Å². The Hall–Kier alpha value is -5.14. The van der Waals surface area contributed by atoms with Crippen molar-refractivity contribution in [2.24, 2.45) is 0 Å². The van der Waals surface area contributed by atoms with Crippen molar-refractivity contribution in [1.82, 2.24) is 0 Å². The van der Waals surface area contributed by atoms with Crippen LogP contribution in [0.25, 0.3) is 76.9 Å². The van der Waals surface area contributed by atoms with Crippen LogP contribution in [0.15, 0.2) is 138 Å². The largest absolute Gasteiger partial charge is 0.456 e. The van der Waals surface area contributed by atoms with Crippen molar-refractivity contribution in [3.05, 3.63) is 145 Å². The molecule has 198 valence electrons. The Bertz CT molecular complexity index is 2320. The van der Waals surface area contributed by atoms with Crippen molar-refractivity contribution in [3.63, 3.8) is 0 Å².